The van der Waals surface area contributed by atoms with Crippen LogP contribution in [0, 0.1) is 11.3 Å². The lowest BCUT2D eigenvalue weighted by Crippen LogP contribution is -2.41. The molecule has 1 fully saturated rings. The van der Waals surface area contributed by atoms with Crippen molar-refractivity contribution in [3.05, 3.63) is 0 Å². The lowest BCUT2D eigenvalue weighted by atomic mass is 9.92. The van der Waals surface area contributed by atoms with Crippen LogP contribution in [0.25, 0.3) is 0 Å². The van der Waals surface area contributed by atoms with Crippen LogP contribution < -0.4 is 0 Å². The number of carboxylic acid groups (broad SMARTS) is 1. The van der Waals surface area contributed by atoms with Crippen LogP contribution in [-0.4, -0.2) is 35.1 Å². The molecule has 0 unspecified atom stereocenters. The molecule has 0 bridgehead atoms. The summed E-state index contributed by atoms with van der Waals surface area (Å²) in [6, 6.07) is 0.644. The van der Waals surface area contributed by atoms with E-state index in [1.807, 2.05) is 13.8 Å². The molecule has 0 aromatic rings. The van der Waals surface area contributed by atoms with Crippen LogP contribution in [-0.2, 0) is 4.79 Å². The van der Waals surface area contributed by atoms with Gasteiger partial charge in [-0.2, -0.15) is 0 Å². The molecule has 0 amide bonds. The maximum absolute atomic E-state index is 11.1. The average Bonchev–Trinajstić information content (AvgIpc) is 2.82. The molecule has 15 heavy (non-hydrogen) atoms. The molecule has 0 atom stereocenters. The summed E-state index contributed by atoms with van der Waals surface area (Å²) >= 11 is 0. The fourth-order valence-corrected chi connectivity index (χ4v) is 1.83. The van der Waals surface area contributed by atoms with Crippen molar-refractivity contribution in [3.63, 3.8) is 0 Å². The second kappa shape index (κ2) is 4.52. The Kier molecular flexibility index (Phi) is 3.77. The fourth-order valence-electron chi connectivity index (χ4n) is 1.83. The van der Waals surface area contributed by atoms with Gasteiger partial charge in [0, 0.05) is 19.1 Å². The molecule has 0 aliphatic heterocycles. The normalized spacial score (nSPS) is 17.5. The highest BCUT2D eigenvalue weighted by Gasteiger charge is 2.36. The molecule has 1 N–H and O–H groups in total. The second-order valence-corrected chi connectivity index (χ2v) is 5.74. The van der Waals surface area contributed by atoms with Crippen LogP contribution >= 0.6 is 0 Å². The Bertz CT molecular complexity index is 232. The maximum atomic E-state index is 11.1. The van der Waals surface area contributed by atoms with Gasteiger partial charge in [0.15, 0.2) is 0 Å². The van der Waals surface area contributed by atoms with Gasteiger partial charge >= 0.3 is 5.97 Å². The van der Waals surface area contributed by atoms with Crippen LogP contribution in [0.5, 0.6) is 0 Å². The summed E-state index contributed by atoms with van der Waals surface area (Å²) in [5.74, 6) is -0.0906. The van der Waals surface area contributed by atoms with Gasteiger partial charge in [-0.25, -0.2) is 0 Å². The number of rotatable bonds is 6. The summed E-state index contributed by atoms with van der Waals surface area (Å²) < 4.78 is 0. The zero-order chi connectivity index (χ0) is 11.6. The van der Waals surface area contributed by atoms with Crippen molar-refractivity contribution < 1.29 is 9.90 Å². The predicted octanol–water partition coefficient (Wildman–Crippen LogP) is 2.22. The van der Waals surface area contributed by atoms with E-state index in [1.54, 1.807) is 0 Å². The van der Waals surface area contributed by atoms with E-state index in [0.29, 0.717) is 18.5 Å². The molecule has 0 heterocycles. The largest absolute Gasteiger partial charge is 0.481 e. The monoisotopic (exact) mass is 213 g/mol. The van der Waals surface area contributed by atoms with Crippen LogP contribution in [0.15, 0.2) is 0 Å². The van der Waals surface area contributed by atoms with Gasteiger partial charge in [-0.3, -0.25) is 9.69 Å². The first-order chi connectivity index (χ1) is 6.83. The molecular formula is C12H23NO2. The lowest BCUT2D eigenvalue weighted by Gasteiger charge is -2.31. The minimum Gasteiger partial charge on any atom is -0.481 e. The first kappa shape index (κ1) is 12.5. The molecular weight excluding hydrogens is 190 g/mol. The third kappa shape index (κ3) is 3.82. The van der Waals surface area contributed by atoms with Crippen molar-refractivity contribution in [2.45, 2.75) is 46.6 Å². The molecule has 3 heteroatoms. The summed E-state index contributed by atoms with van der Waals surface area (Å²) in [5.41, 5.74) is -0.627. The third-order valence-electron chi connectivity index (χ3n) is 2.84. The van der Waals surface area contributed by atoms with Gasteiger partial charge in [-0.15, -0.1) is 0 Å². The summed E-state index contributed by atoms with van der Waals surface area (Å²) in [6.07, 6.45) is 2.48. The SMILES string of the molecule is CC(C)CN(CC(C)(C)C(=O)O)C1CC1. The van der Waals surface area contributed by atoms with Crippen molar-refractivity contribution in [1.29, 1.82) is 0 Å². The van der Waals surface area contributed by atoms with Gasteiger partial charge < -0.3 is 5.11 Å². The van der Waals surface area contributed by atoms with E-state index in [2.05, 4.69) is 18.7 Å². The molecule has 0 saturated heterocycles. The van der Waals surface area contributed by atoms with E-state index in [1.165, 1.54) is 12.8 Å². The number of carbonyl (C=O) groups is 1. The molecule has 0 aromatic heterocycles. The molecule has 1 rings (SSSR count). The first-order valence-electron chi connectivity index (χ1n) is 5.80. The maximum Gasteiger partial charge on any atom is 0.310 e. The van der Waals surface area contributed by atoms with E-state index < -0.39 is 11.4 Å². The van der Waals surface area contributed by atoms with Crippen LogP contribution in [0.3, 0.4) is 0 Å². The number of hydrogen-bond acceptors (Lipinski definition) is 2. The highest BCUT2D eigenvalue weighted by Crippen LogP contribution is 2.30. The Morgan fingerprint density at radius 3 is 2.33 bits per heavy atom. The summed E-state index contributed by atoms with van der Waals surface area (Å²) in [5, 5.41) is 9.10. The predicted molar refractivity (Wildman–Crippen MR) is 60.8 cm³/mol. The molecule has 0 aromatic carbocycles. The number of hydrogen-bond donors (Lipinski definition) is 1. The molecule has 0 radical (unpaired) electrons. The zero-order valence-electron chi connectivity index (χ0n) is 10.3. The Hall–Kier alpha value is -0.570. The van der Waals surface area contributed by atoms with Gasteiger partial charge in [0.2, 0.25) is 0 Å². The van der Waals surface area contributed by atoms with E-state index in [4.69, 9.17) is 5.11 Å². The van der Waals surface area contributed by atoms with E-state index in [0.717, 1.165) is 6.54 Å². The summed E-state index contributed by atoms with van der Waals surface area (Å²) in [4.78, 5) is 13.4. The van der Waals surface area contributed by atoms with Crippen molar-refractivity contribution in [1.82, 2.24) is 4.90 Å². The Balaban J connectivity index is 2.54. The highest BCUT2D eigenvalue weighted by atomic mass is 16.4. The third-order valence-corrected chi connectivity index (χ3v) is 2.84. The van der Waals surface area contributed by atoms with Crippen LogP contribution in [0.4, 0.5) is 0 Å². The average molecular weight is 213 g/mol. The van der Waals surface area contributed by atoms with Gasteiger partial charge in [0.1, 0.15) is 0 Å². The van der Waals surface area contributed by atoms with Gasteiger partial charge in [0.25, 0.3) is 0 Å². The fraction of sp³-hybridized carbons (Fsp3) is 0.917. The molecule has 1 saturated carbocycles. The smallest absolute Gasteiger partial charge is 0.310 e. The Labute approximate surface area is 92.5 Å². The lowest BCUT2D eigenvalue weighted by molar-refractivity contribution is -0.148. The number of carboxylic acids is 1. The topological polar surface area (TPSA) is 40.5 Å². The van der Waals surface area contributed by atoms with E-state index in [-0.39, 0.29) is 0 Å². The molecule has 0 spiro atoms. The minimum atomic E-state index is -0.697. The Morgan fingerprint density at radius 1 is 1.47 bits per heavy atom. The van der Waals surface area contributed by atoms with E-state index >= 15 is 0 Å². The van der Waals surface area contributed by atoms with Gasteiger partial charge in [0.05, 0.1) is 5.41 Å². The quantitative estimate of drug-likeness (QED) is 0.735. The second-order valence-electron chi connectivity index (χ2n) is 5.74. The molecule has 88 valence electrons. The van der Waals surface area contributed by atoms with Crippen LogP contribution in [0.1, 0.15) is 40.5 Å². The molecule has 1 aliphatic rings. The minimum absolute atomic E-state index is 0.607. The molecule has 3 nitrogen and oxygen atoms in total. The summed E-state index contributed by atoms with van der Waals surface area (Å²) in [7, 11) is 0. The van der Waals surface area contributed by atoms with Crippen molar-refractivity contribution in [2.75, 3.05) is 13.1 Å². The first-order valence-corrected chi connectivity index (χ1v) is 5.80. The number of nitrogens with zero attached hydrogens (tertiary/aromatic N) is 1. The standard InChI is InChI=1S/C12H23NO2/c1-9(2)7-13(10-5-6-10)8-12(3,4)11(14)15/h9-10H,5-8H2,1-4H3,(H,14,15). The summed E-state index contributed by atoms with van der Waals surface area (Å²) in [6.45, 7) is 9.68. The molecule has 1 aliphatic carbocycles. The number of aliphatic carboxylic acids is 1. The van der Waals surface area contributed by atoms with Gasteiger partial charge in [-0.1, -0.05) is 13.8 Å². The Morgan fingerprint density at radius 2 is 2.00 bits per heavy atom. The van der Waals surface area contributed by atoms with Gasteiger partial charge in [-0.05, 0) is 32.6 Å². The highest BCUT2D eigenvalue weighted by molar-refractivity contribution is 5.73. The van der Waals surface area contributed by atoms with Crippen LogP contribution in [0.2, 0.25) is 0 Å². The van der Waals surface area contributed by atoms with Crippen molar-refractivity contribution >= 4 is 5.97 Å². The zero-order valence-corrected chi connectivity index (χ0v) is 10.3. The van der Waals surface area contributed by atoms with Crippen molar-refractivity contribution in [3.8, 4) is 0 Å². The van der Waals surface area contributed by atoms with Crippen molar-refractivity contribution in [2.24, 2.45) is 11.3 Å². The van der Waals surface area contributed by atoms with E-state index in [9.17, 15) is 4.79 Å².